The third-order valence-corrected chi connectivity index (χ3v) is 5.28. The largest absolute Gasteiger partial charge is 0.497 e. The molecule has 0 aromatic heterocycles. The van der Waals surface area contributed by atoms with E-state index in [4.69, 9.17) is 25.6 Å². The number of hydrogen-bond acceptors (Lipinski definition) is 5. The zero-order chi connectivity index (χ0) is 20.0. The third-order valence-electron chi connectivity index (χ3n) is 5.15. The van der Waals surface area contributed by atoms with Crippen LogP contribution in [0.3, 0.4) is 0 Å². The number of amides is 2. The third kappa shape index (κ3) is 3.90. The molecule has 3 rings (SSSR count). The first-order chi connectivity index (χ1) is 12.5. The predicted molar refractivity (Wildman–Crippen MR) is 99.0 cm³/mol. The molecule has 0 spiro atoms. The lowest BCUT2D eigenvalue weighted by Gasteiger charge is -2.32. The molecule has 146 valence electrons. The number of nitrogens with one attached hydrogen (secondary N) is 1. The molecule has 0 bridgehead atoms. The van der Waals surface area contributed by atoms with Crippen LogP contribution in [0.4, 0.5) is 19.7 Å². The van der Waals surface area contributed by atoms with Gasteiger partial charge in [0.15, 0.2) is 0 Å². The smallest absolute Gasteiger partial charge is 0.442 e. The molecule has 1 N–H and O–H groups in total. The Kier molecular flexibility index (Phi) is 5.13. The van der Waals surface area contributed by atoms with E-state index in [9.17, 15) is 14.0 Å². The van der Waals surface area contributed by atoms with Gasteiger partial charge in [-0.3, -0.25) is 9.69 Å². The van der Waals surface area contributed by atoms with Crippen LogP contribution < -0.4 is 15.7 Å². The number of halogens is 2. The van der Waals surface area contributed by atoms with Crippen LogP contribution in [0.5, 0.6) is 0 Å². The van der Waals surface area contributed by atoms with E-state index in [2.05, 4.69) is 5.32 Å². The van der Waals surface area contributed by atoms with Gasteiger partial charge in [0.1, 0.15) is 11.9 Å². The van der Waals surface area contributed by atoms with Gasteiger partial charge in [-0.05, 0) is 51.4 Å². The van der Waals surface area contributed by atoms with Crippen LogP contribution in [0, 0.1) is 5.82 Å². The average molecular weight is 399 g/mol. The normalized spacial score (nSPS) is 23.5. The highest BCUT2D eigenvalue weighted by Crippen LogP contribution is 2.36. The number of anilines is 1. The van der Waals surface area contributed by atoms with Crippen molar-refractivity contribution in [2.45, 2.75) is 45.0 Å². The summed E-state index contributed by atoms with van der Waals surface area (Å²) in [5.74, 6) is -0.545. The van der Waals surface area contributed by atoms with Crippen LogP contribution in [0.1, 0.15) is 27.7 Å². The molecule has 2 fully saturated rings. The Morgan fingerprint density at radius 3 is 2.52 bits per heavy atom. The molecule has 2 amide bonds. The van der Waals surface area contributed by atoms with Crippen LogP contribution in [-0.2, 0) is 14.0 Å². The van der Waals surface area contributed by atoms with Gasteiger partial charge in [0.05, 0.1) is 30.0 Å². The van der Waals surface area contributed by atoms with Gasteiger partial charge in [-0.1, -0.05) is 6.07 Å². The van der Waals surface area contributed by atoms with E-state index in [-0.39, 0.29) is 18.6 Å². The Morgan fingerprint density at radius 2 is 1.96 bits per heavy atom. The maximum Gasteiger partial charge on any atom is 0.497 e. The summed E-state index contributed by atoms with van der Waals surface area (Å²) in [6.07, 6.45) is -1.18. The summed E-state index contributed by atoms with van der Waals surface area (Å²) in [5.41, 5.74) is -0.558. The number of rotatable bonds is 4. The fraction of sp³-hybridized carbons (Fsp3) is 0.529. The lowest BCUT2D eigenvalue weighted by molar-refractivity contribution is 0.00578. The van der Waals surface area contributed by atoms with Crippen molar-refractivity contribution in [2.75, 3.05) is 18.0 Å². The minimum absolute atomic E-state index is 0.0824. The first-order valence-electron chi connectivity index (χ1n) is 8.57. The summed E-state index contributed by atoms with van der Waals surface area (Å²) in [5, 5.41) is 1.63. The molecule has 1 unspecified atom stereocenters. The first kappa shape index (κ1) is 19.9. The number of carbonyl (C=O) groups excluding carboxylic acids is 2. The Hall–Kier alpha value is -1.84. The summed E-state index contributed by atoms with van der Waals surface area (Å²) >= 11 is 5.21. The Bertz CT molecular complexity index is 760. The highest BCUT2D eigenvalue weighted by molar-refractivity contribution is 6.63. The molecule has 2 heterocycles. The second-order valence-electron chi connectivity index (χ2n) is 7.57. The molecule has 10 heteroatoms. The molecule has 2 saturated heterocycles. The maximum absolute atomic E-state index is 14.7. The number of hydrogen-bond donors (Lipinski definition) is 1. The van der Waals surface area contributed by atoms with Gasteiger partial charge < -0.3 is 19.4 Å². The number of cyclic esters (lactones) is 1. The topological polar surface area (TPSA) is 77.1 Å². The summed E-state index contributed by atoms with van der Waals surface area (Å²) in [7, 11) is -0.832. The van der Waals surface area contributed by atoms with Gasteiger partial charge in [0.2, 0.25) is 0 Å². The van der Waals surface area contributed by atoms with Crippen LogP contribution in [0.15, 0.2) is 18.2 Å². The van der Waals surface area contributed by atoms with Crippen molar-refractivity contribution in [1.29, 1.82) is 0 Å². The Labute approximate surface area is 162 Å². The molecule has 1 aromatic carbocycles. The van der Waals surface area contributed by atoms with Crippen molar-refractivity contribution >= 4 is 41.3 Å². The summed E-state index contributed by atoms with van der Waals surface area (Å²) in [4.78, 5) is 24.1. The van der Waals surface area contributed by atoms with E-state index in [0.29, 0.717) is 5.69 Å². The highest BCUT2D eigenvalue weighted by Gasteiger charge is 2.52. The van der Waals surface area contributed by atoms with Crippen molar-refractivity contribution in [3.05, 3.63) is 24.0 Å². The zero-order valence-electron chi connectivity index (χ0n) is 15.5. The van der Waals surface area contributed by atoms with Gasteiger partial charge in [0.25, 0.3) is 0 Å². The number of carbonyl (C=O) groups is 2. The number of ether oxygens (including phenoxy) is 1. The maximum atomic E-state index is 14.7. The molecule has 0 aliphatic carbocycles. The van der Waals surface area contributed by atoms with Gasteiger partial charge in [-0.25, -0.2) is 9.18 Å². The van der Waals surface area contributed by atoms with Crippen molar-refractivity contribution in [3.8, 4) is 0 Å². The fourth-order valence-electron chi connectivity index (χ4n) is 2.88. The molecule has 0 radical (unpaired) electrons. The zero-order valence-corrected chi connectivity index (χ0v) is 16.3. The monoisotopic (exact) mass is 398 g/mol. The Balaban J connectivity index is 1.74. The SMILES string of the molecule is CC1(C)OB(c2ccc(N3CC(CNC(=O)Cl)OC3=O)cc2F)OC1(C)C. The number of nitrogens with zero attached hydrogens (tertiary/aromatic N) is 1. The molecule has 2 aliphatic heterocycles. The van der Waals surface area contributed by atoms with Crippen molar-refractivity contribution < 1.29 is 28.0 Å². The molecule has 27 heavy (non-hydrogen) atoms. The molecule has 1 aromatic rings. The van der Waals surface area contributed by atoms with Crippen molar-refractivity contribution in [2.24, 2.45) is 0 Å². The molecular weight excluding hydrogens is 377 g/mol. The lowest BCUT2D eigenvalue weighted by Crippen LogP contribution is -2.41. The lowest BCUT2D eigenvalue weighted by atomic mass is 9.78. The minimum atomic E-state index is -0.832. The molecule has 0 saturated carbocycles. The van der Waals surface area contributed by atoms with Crippen LogP contribution in [0.25, 0.3) is 0 Å². The standard InChI is InChI=1S/C17H21BClFN2O5/c1-16(2)17(3,4)27-18(26-16)12-6-5-10(7-13(12)20)22-9-11(25-15(22)24)8-21-14(19)23/h5-7,11H,8-9H2,1-4H3,(H,21,23). The van der Waals surface area contributed by atoms with E-state index in [1.807, 2.05) is 27.7 Å². The molecule has 7 nitrogen and oxygen atoms in total. The van der Waals surface area contributed by atoms with Crippen LogP contribution >= 0.6 is 11.6 Å². The average Bonchev–Trinajstić information content (AvgIpc) is 3.01. The highest BCUT2D eigenvalue weighted by atomic mass is 35.5. The van der Waals surface area contributed by atoms with Crippen LogP contribution in [0.2, 0.25) is 0 Å². The van der Waals surface area contributed by atoms with E-state index in [1.54, 1.807) is 6.07 Å². The van der Waals surface area contributed by atoms with Gasteiger partial charge in [-0.2, -0.15) is 0 Å². The summed E-state index contributed by atoms with van der Waals surface area (Å²) < 4.78 is 31.6. The van der Waals surface area contributed by atoms with Crippen molar-refractivity contribution in [3.63, 3.8) is 0 Å². The summed E-state index contributed by atoms with van der Waals surface area (Å²) in [6, 6.07) is 4.38. The van der Waals surface area contributed by atoms with Crippen molar-refractivity contribution in [1.82, 2.24) is 5.32 Å². The first-order valence-corrected chi connectivity index (χ1v) is 8.94. The molecule has 1 atom stereocenters. The predicted octanol–water partition coefficient (Wildman–Crippen LogP) is 2.40. The molecule has 2 aliphatic rings. The minimum Gasteiger partial charge on any atom is -0.442 e. The van der Waals surface area contributed by atoms with Crippen LogP contribution in [-0.4, -0.2) is 49.0 Å². The fourth-order valence-corrected chi connectivity index (χ4v) is 2.96. The number of benzene rings is 1. The van der Waals surface area contributed by atoms with Gasteiger partial charge in [0, 0.05) is 5.46 Å². The van der Waals surface area contributed by atoms with E-state index >= 15 is 0 Å². The molecular formula is C17H21BClFN2O5. The summed E-state index contributed by atoms with van der Waals surface area (Å²) in [6.45, 7) is 7.81. The second-order valence-corrected chi connectivity index (χ2v) is 7.91. The Morgan fingerprint density at radius 1 is 1.33 bits per heavy atom. The van der Waals surface area contributed by atoms with E-state index in [1.165, 1.54) is 17.0 Å². The van der Waals surface area contributed by atoms with Gasteiger partial charge in [-0.15, -0.1) is 0 Å². The quantitative estimate of drug-likeness (QED) is 0.479. The van der Waals surface area contributed by atoms with E-state index in [0.717, 1.165) is 0 Å². The second kappa shape index (κ2) is 6.96. The van der Waals surface area contributed by atoms with E-state index < -0.39 is 41.7 Å². The van der Waals surface area contributed by atoms with Gasteiger partial charge >= 0.3 is 18.6 Å².